The molecule has 1 aliphatic carbocycles. The molecule has 1 atom stereocenters. The predicted molar refractivity (Wildman–Crippen MR) is 57.7 cm³/mol. The Hall–Kier alpha value is -1.36. The van der Waals surface area contributed by atoms with Gasteiger partial charge in [-0.05, 0) is 36.3 Å². The first-order valence-electron chi connectivity index (χ1n) is 4.85. The second-order valence-corrected chi connectivity index (χ2v) is 4.60. The predicted octanol–water partition coefficient (Wildman–Crippen LogP) is 1.36. The molecule has 5 heteroatoms. The van der Waals surface area contributed by atoms with Crippen molar-refractivity contribution in [1.82, 2.24) is 5.32 Å². The zero-order valence-electron chi connectivity index (χ0n) is 8.16. The number of hydrogen-bond donors (Lipinski definition) is 2. The highest BCUT2D eigenvalue weighted by atomic mass is 32.1. The third kappa shape index (κ3) is 2.02. The molecule has 1 aromatic heterocycles. The average Bonchev–Trinajstić information content (AvgIpc) is 2.63. The van der Waals surface area contributed by atoms with Crippen molar-refractivity contribution in [2.24, 2.45) is 5.73 Å². The van der Waals surface area contributed by atoms with Crippen molar-refractivity contribution in [3.05, 3.63) is 21.9 Å². The number of aryl methyl sites for hydroxylation is 1. The molecular formula is C10H12N2O2S. The van der Waals surface area contributed by atoms with Crippen molar-refractivity contribution in [2.75, 3.05) is 0 Å². The van der Waals surface area contributed by atoms with Crippen molar-refractivity contribution in [1.29, 1.82) is 0 Å². The minimum absolute atomic E-state index is 0.201. The quantitative estimate of drug-likeness (QED) is 0.756. The van der Waals surface area contributed by atoms with Gasteiger partial charge in [-0.25, -0.2) is 4.79 Å². The molecule has 0 aromatic carbocycles. The summed E-state index contributed by atoms with van der Waals surface area (Å²) in [5.41, 5.74) is 5.99. The van der Waals surface area contributed by atoms with Crippen LogP contribution in [0.4, 0.5) is 4.79 Å². The Labute approximate surface area is 91.5 Å². The standard InChI is InChI=1S/C10H12N2O2S/c11-10(14)12-9(13)7-2-1-3-8-6(7)4-5-15-8/h4-5,7H,1-3H2,(H3,11,12,13,14). The first-order valence-corrected chi connectivity index (χ1v) is 5.73. The van der Waals surface area contributed by atoms with Gasteiger partial charge in [0.2, 0.25) is 5.91 Å². The van der Waals surface area contributed by atoms with Crippen molar-refractivity contribution in [3.63, 3.8) is 0 Å². The van der Waals surface area contributed by atoms with Crippen LogP contribution in [0.2, 0.25) is 0 Å². The fourth-order valence-corrected chi connectivity index (χ4v) is 2.95. The molecule has 80 valence electrons. The molecule has 0 bridgehead atoms. The number of rotatable bonds is 1. The number of amides is 3. The van der Waals surface area contributed by atoms with Crippen LogP contribution in [-0.2, 0) is 11.2 Å². The van der Waals surface area contributed by atoms with Crippen LogP contribution in [0.25, 0.3) is 0 Å². The summed E-state index contributed by atoms with van der Waals surface area (Å²) in [6.45, 7) is 0. The normalized spacial score (nSPS) is 19.3. The SMILES string of the molecule is NC(=O)NC(=O)C1CCCc2sccc21. The van der Waals surface area contributed by atoms with Gasteiger partial charge in [0.25, 0.3) is 0 Å². The zero-order chi connectivity index (χ0) is 10.8. The van der Waals surface area contributed by atoms with Crippen LogP contribution in [0.5, 0.6) is 0 Å². The molecule has 1 unspecified atom stereocenters. The molecule has 0 spiro atoms. The van der Waals surface area contributed by atoms with Crippen LogP contribution >= 0.6 is 11.3 Å². The van der Waals surface area contributed by atoms with E-state index in [1.165, 1.54) is 4.88 Å². The maximum Gasteiger partial charge on any atom is 0.318 e. The van der Waals surface area contributed by atoms with Crippen molar-refractivity contribution in [2.45, 2.75) is 25.2 Å². The highest BCUT2D eigenvalue weighted by Gasteiger charge is 2.27. The van der Waals surface area contributed by atoms with Gasteiger partial charge in [-0.3, -0.25) is 10.1 Å². The largest absolute Gasteiger partial charge is 0.351 e. The molecule has 3 N–H and O–H groups in total. The summed E-state index contributed by atoms with van der Waals surface area (Å²) in [5.74, 6) is -0.477. The van der Waals surface area contributed by atoms with E-state index in [1.807, 2.05) is 11.4 Å². The topological polar surface area (TPSA) is 72.2 Å². The number of carbonyl (C=O) groups excluding carboxylic acids is 2. The molecule has 15 heavy (non-hydrogen) atoms. The minimum atomic E-state index is -0.776. The smallest absolute Gasteiger partial charge is 0.318 e. The summed E-state index contributed by atoms with van der Waals surface area (Å²) >= 11 is 1.67. The van der Waals surface area contributed by atoms with Gasteiger partial charge in [-0.1, -0.05) is 0 Å². The van der Waals surface area contributed by atoms with E-state index in [1.54, 1.807) is 11.3 Å². The van der Waals surface area contributed by atoms with E-state index in [4.69, 9.17) is 5.73 Å². The summed E-state index contributed by atoms with van der Waals surface area (Å²) in [6, 6.07) is 1.19. The molecular weight excluding hydrogens is 212 g/mol. The summed E-state index contributed by atoms with van der Waals surface area (Å²) < 4.78 is 0. The highest BCUT2D eigenvalue weighted by molar-refractivity contribution is 7.10. The molecule has 0 radical (unpaired) electrons. The molecule has 2 rings (SSSR count). The Balaban J connectivity index is 2.19. The highest BCUT2D eigenvalue weighted by Crippen LogP contribution is 2.34. The van der Waals surface area contributed by atoms with E-state index < -0.39 is 6.03 Å². The second kappa shape index (κ2) is 4.02. The number of imide groups is 1. The third-order valence-electron chi connectivity index (χ3n) is 2.61. The molecule has 1 heterocycles. The van der Waals surface area contributed by atoms with E-state index in [0.717, 1.165) is 24.8 Å². The van der Waals surface area contributed by atoms with E-state index in [0.29, 0.717) is 0 Å². The zero-order valence-corrected chi connectivity index (χ0v) is 8.97. The fourth-order valence-electron chi connectivity index (χ4n) is 1.97. The molecule has 0 saturated heterocycles. The number of urea groups is 1. The van der Waals surface area contributed by atoms with Gasteiger partial charge >= 0.3 is 6.03 Å². The lowest BCUT2D eigenvalue weighted by molar-refractivity contribution is -0.121. The van der Waals surface area contributed by atoms with Crippen molar-refractivity contribution in [3.8, 4) is 0 Å². The Bertz CT molecular complexity index is 400. The molecule has 4 nitrogen and oxygen atoms in total. The number of thiophene rings is 1. The summed E-state index contributed by atoms with van der Waals surface area (Å²) in [7, 11) is 0. The monoisotopic (exact) mass is 224 g/mol. The second-order valence-electron chi connectivity index (χ2n) is 3.60. The first kappa shape index (κ1) is 10.2. The van der Waals surface area contributed by atoms with Gasteiger partial charge in [0.05, 0.1) is 5.92 Å². The molecule has 1 aliphatic rings. The fraction of sp³-hybridized carbons (Fsp3) is 0.400. The maximum atomic E-state index is 11.7. The molecule has 0 saturated carbocycles. The molecule has 1 aromatic rings. The van der Waals surface area contributed by atoms with Crippen LogP contribution < -0.4 is 11.1 Å². The third-order valence-corrected chi connectivity index (χ3v) is 3.61. The van der Waals surface area contributed by atoms with Gasteiger partial charge in [-0.2, -0.15) is 0 Å². The molecule has 3 amide bonds. The molecule has 0 fully saturated rings. The Morgan fingerprint density at radius 1 is 1.53 bits per heavy atom. The van der Waals surface area contributed by atoms with Crippen LogP contribution in [0.15, 0.2) is 11.4 Å². The summed E-state index contributed by atoms with van der Waals surface area (Å²) in [4.78, 5) is 23.5. The van der Waals surface area contributed by atoms with Gasteiger partial charge in [-0.15, -0.1) is 11.3 Å². The van der Waals surface area contributed by atoms with Crippen LogP contribution in [-0.4, -0.2) is 11.9 Å². The first-order chi connectivity index (χ1) is 7.18. The number of hydrogen-bond acceptors (Lipinski definition) is 3. The van der Waals surface area contributed by atoms with Gasteiger partial charge < -0.3 is 5.73 Å². The van der Waals surface area contributed by atoms with Gasteiger partial charge in [0.15, 0.2) is 0 Å². The summed E-state index contributed by atoms with van der Waals surface area (Å²) in [6.07, 6.45) is 2.82. The number of fused-ring (bicyclic) bond motifs is 1. The number of nitrogens with one attached hydrogen (secondary N) is 1. The van der Waals surface area contributed by atoms with Crippen molar-refractivity contribution >= 4 is 23.3 Å². The average molecular weight is 224 g/mol. The van der Waals surface area contributed by atoms with E-state index >= 15 is 0 Å². The number of nitrogens with two attached hydrogens (primary N) is 1. The Morgan fingerprint density at radius 2 is 2.33 bits per heavy atom. The number of carbonyl (C=O) groups is 2. The van der Waals surface area contributed by atoms with Gasteiger partial charge in [0.1, 0.15) is 0 Å². The molecule has 0 aliphatic heterocycles. The summed E-state index contributed by atoms with van der Waals surface area (Å²) in [5, 5.41) is 4.13. The van der Waals surface area contributed by atoms with Crippen LogP contribution in [0.1, 0.15) is 29.2 Å². The maximum absolute atomic E-state index is 11.7. The van der Waals surface area contributed by atoms with E-state index in [-0.39, 0.29) is 11.8 Å². The lowest BCUT2D eigenvalue weighted by Gasteiger charge is -2.20. The minimum Gasteiger partial charge on any atom is -0.351 e. The van der Waals surface area contributed by atoms with Crippen LogP contribution in [0.3, 0.4) is 0 Å². The van der Waals surface area contributed by atoms with E-state index in [2.05, 4.69) is 5.32 Å². The van der Waals surface area contributed by atoms with Crippen LogP contribution in [0, 0.1) is 0 Å². The Morgan fingerprint density at radius 3 is 3.07 bits per heavy atom. The lowest BCUT2D eigenvalue weighted by Crippen LogP contribution is -2.38. The van der Waals surface area contributed by atoms with Crippen molar-refractivity contribution < 1.29 is 9.59 Å². The number of primary amides is 1. The lowest BCUT2D eigenvalue weighted by atomic mass is 9.87. The van der Waals surface area contributed by atoms with E-state index in [9.17, 15) is 9.59 Å². The Kier molecular flexibility index (Phi) is 2.73. The van der Waals surface area contributed by atoms with Gasteiger partial charge in [0, 0.05) is 4.88 Å².